The highest BCUT2D eigenvalue weighted by Crippen LogP contribution is 2.57. The maximum absolute atomic E-state index is 11.7. The Hall–Kier alpha value is -0.480. The lowest BCUT2D eigenvalue weighted by atomic mass is 10.3. The first kappa shape index (κ1) is 8.80. The number of hydrogen-bond acceptors (Lipinski definition) is 2. The maximum atomic E-state index is 11.7. The van der Waals surface area contributed by atoms with E-state index in [-0.39, 0.29) is 10.7 Å². The van der Waals surface area contributed by atoms with Crippen LogP contribution in [0.3, 0.4) is 0 Å². The number of fused-ring (bicyclic) bond motifs is 1. The topological polar surface area (TPSA) is 29.1 Å². The van der Waals surface area contributed by atoms with E-state index in [1.807, 2.05) is 12.1 Å². The second-order valence-electron chi connectivity index (χ2n) is 3.66. The van der Waals surface area contributed by atoms with Gasteiger partial charge in [0, 0.05) is 9.37 Å². The molecule has 1 aromatic rings. The number of rotatable bonds is 0. The Labute approximate surface area is 94.6 Å². The van der Waals surface area contributed by atoms with Gasteiger partial charge in [-0.15, -0.1) is 11.8 Å². The number of anilines is 1. The molecule has 1 amide bonds. The molecule has 1 aromatic carbocycles. The van der Waals surface area contributed by atoms with Gasteiger partial charge in [-0.25, -0.2) is 0 Å². The van der Waals surface area contributed by atoms with Crippen LogP contribution in [0.5, 0.6) is 0 Å². The van der Waals surface area contributed by atoms with Gasteiger partial charge in [-0.2, -0.15) is 0 Å². The van der Waals surface area contributed by atoms with E-state index in [2.05, 4.69) is 27.3 Å². The normalized spacial score (nSPS) is 21.6. The molecule has 1 saturated carbocycles. The zero-order chi connectivity index (χ0) is 9.76. The molecule has 1 aliphatic carbocycles. The molecule has 0 bridgehead atoms. The molecule has 2 aliphatic rings. The van der Waals surface area contributed by atoms with Crippen LogP contribution in [-0.4, -0.2) is 10.7 Å². The lowest BCUT2D eigenvalue weighted by molar-refractivity contribution is -0.116. The molecule has 1 heterocycles. The number of benzene rings is 1. The molecule has 0 aromatic heterocycles. The zero-order valence-electron chi connectivity index (χ0n) is 7.34. The van der Waals surface area contributed by atoms with Gasteiger partial charge in [0.1, 0.15) is 0 Å². The van der Waals surface area contributed by atoms with E-state index in [4.69, 9.17) is 0 Å². The van der Waals surface area contributed by atoms with Crippen molar-refractivity contribution in [2.45, 2.75) is 22.5 Å². The van der Waals surface area contributed by atoms with Crippen LogP contribution in [0.1, 0.15) is 12.8 Å². The Balaban J connectivity index is 2.11. The van der Waals surface area contributed by atoms with Crippen molar-refractivity contribution in [3.63, 3.8) is 0 Å². The lowest BCUT2D eigenvalue weighted by Gasteiger charge is -2.24. The average Bonchev–Trinajstić information content (AvgIpc) is 2.91. The number of amides is 1. The number of carbonyl (C=O) groups is 1. The smallest absolute Gasteiger partial charge is 0.241 e. The predicted octanol–water partition coefficient (Wildman–Crippen LogP) is 3.03. The second kappa shape index (κ2) is 2.76. The number of thioether (sulfide) groups is 1. The molecule has 2 nitrogen and oxygen atoms in total. The summed E-state index contributed by atoms with van der Waals surface area (Å²) >= 11 is 5.14. The third-order valence-corrected chi connectivity index (χ3v) is 4.84. The molecule has 4 heteroatoms. The fourth-order valence-electron chi connectivity index (χ4n) is 1.64. The molecular weight excluding hydrogens is 262 g/mol. The number of para-hydroxylation sites is 1. The zero-order valence-corrected chi connectivity index (χ0v) is 9.74. The Morgan fingerprint density at radius 3 is 2.93 bits per heavy atom. The van der Waals surface area contributed by atoms with Crippen LogP contribution in [-0.2, 0) is 4.79 Å². The fraction of sp³-hybridized carbons (Fsp3) is 0.300. The van der Waals surface area contributed by atoms with Crippen molar-refractivity contribution in [1.29, 1.82) is 0 Å². The Bertz CT molecular complexity index is 428. The fourth-order valence-corrected chi connectivity index (χ4v) is 3.51. The van der Waals surface area contributed by atoms with E-state index in [1.165, 1.54) is 4.90 Å². The molecule has 72 valence electrons. The number of halogens is 1. The van der Waals surface area contributed by atoms with Gasteiger partial charge in [-0.05, 0) is 40.9 Å². The Kier molecular flexibility index (Phi) is 1.74. The van der Waals surface area contributed by atoms with Crippen molar-refractivity contribution in [3.05, 3.63) is 22.7 Å². The van der Waals surface area contributed by atoms with E-state index >= 15 is 0 Å². The second-order valence-corrected chi connectivity index (χ2v) is 5.94. The average molecular weight is 270 g/mol. The van der Waals surface area contributed by atoms with Crippen LogP contribution >= 0.6 is 27.7 Å². The molecule has 3 rings (SSSR count). The highest BCUT2D eigenvalue weighted by molar-refractivity contribution is 9.10. The van der Waals surface area contributed by atoms with Gasteiger partial charge >= 0.3 is 0 Å². The van der Waals surface area contributed by atoms with Crippen LogP contribution < -0.4 is 5.32 Å². The monoisotopic (exact) mass is 269 g/mol. The summed E-state index contributed by atoms with van der Waals surface area (Å²) < 4.78 is 0.833. The van der Waals surface area contributed by atoms with E-state index in [0.29, 0.717) is 0 Å². The summed E-state index contributed by atoms with van der Waals surface area (Å²) in [5.41, 5.74) is 0.931. The number of carbonyl (C=O) groups excluding carboxylic acids is 1. The minimum absolute atomic E-state index is 0.131. The first-order valence-electron chi connectivity index (χ1n) is 4.50. The Morgan fingerprint density at radius 1 is 1.43 bits per heavy atom. The summed E-state index contributed by atoms with van der Waals surface area (Å²) in [5.74, 6) is 0.168. The van der Waals surface area contributed by atoms with Gasteiger partial charge in [-0.1, -0.05) is 6.07 Å². The maximum Gasteiger partial charge on any atom is 0.241 e. The van der Waals surface area contributed by atoms with E-state index in [0.717, 1.165) is 23.0 Å². The molecule has 1 aliphatic heterocycles. The molecule has 14 heavy (non-hydrogen) atoms. The number of hydrogen-bond donors (Lipinski definition) is 1. The molecular formula is C10H8BrNOS. The highest BCUT2D eigenvalue weighted by Gasteiger charge is 2.53. The Morgan fingerprint density at radius 2 is 2.21 bits per heavy atom. The van der Waals surface area contributed by atoms with Crippen LogP contribution in [0.2, 0.25) is 0 Å². The third kappa shape index (κ3) is 1.13. The van der Waals surface area contributed by atoms with Crippen LogP contribution in [0, 0.1) is 0 Å². The van der Waals surface area contributed by atoms with Gasteiger partial charge < -0.3 is 5.32 Å². The first-order valence-corrected chi connectivity index (χ1v) is 6.11. The minimum Gasteiger partial charge on any atom is -0.323 e. The van der Waals surface area contributed by atoms with Crippen molar-refractivity contribution in [3.8, 4) is 0 Å². The van der Waals surface area contributed by atoms with Gasteiger partial charge in [0.15, 0.2) is 0 Å². The SMILES string of the molecule is O=C1Nc2c(Br)cccc2SC12CC2. The highest BCUT2D eigenvalue weighted by atomic mass is 79.9. The van der Waals surface area contributed by atoms with Crippen molar-refractivity contribution in [2.24, 2.45) is 0 Å². The van der Waals surface area contributed by atoms with Gasteiger partial charge in [0.05, 0.1) is 10.4 Å². The van der Waals surface area contributed by atoms with Gasteiger partial charge in [0.25, 0.3) is 0 Å². The summed E-state index contributed by atoms with van der Waals surface area (Å²) in [6.45, 7) is 0. The summed E-state index contributed by atoms with van der Waals surface area (Å²) in [6, 6.07) is 6.01. The summed E-state index contributed by atoms with van der Waals surface area (Å²) in [5, 5.41) is 2.97. The summed E-state index contributed by atoms with van der Waals surface area (Å²) in [6.07, 6.45) is 2.02. The number of nitrogens with one attached hydrogen (secondary N) is 1. The largest absolute Gasteiger partial charge is 0.323 e. The van der Waals surface area contributed by atoms with Crippen molar-refractivity contribution in [2.75, 3.05) is 5.32 Å². The van der Waals surface area contributed by atoms with Crippen LogP contribution in [0.15, 0.2) is 27.6 Å². The van der Waals surface area contributed by atoms with Gasteiger partial charge in [0.2, 0.25) is 5.91 Å². The molecule has 1 fully saturated rings. The standard InChI is InChI=1S/C10H8BrNOS/c11-6-2-1-3-7-8(6)12-9(13)10(14-7)4-5-10/h1-3H,4-5H2,(H,12,13). The molecule has 0 atom stereocenters. The van der Waals surface area contributed by atoms with Crippen LogP contribution in [0.25, 0.3) is 0 Å². The third-order valence-electron chi connectivity index (χ3n) is 2.64. The van der Waals surface area contributed by atoms with Gasteiger partial charge in [-0.3, -0.25) is 4.79 Å². The molecule has 0 radical (unpaired) electrons. The quantitative estimate of drug-likeness (QED) is 0.785. The predicted molar refractivity (Wildman–Crippen MR) is 60.6 cm³/mol. The van der Waals surface area contributed by atoms with Crippen molar-refractivity contribution < 1.29 is 4.79 Å². The lowest BCUT2D eigenvalue weighted by Crippen LogP contribution is -2.30. The molecule has 0 saturated heterocycles. The summed E-state index contributed by atoms with van der Waals surface area (Å²) in [7, 11) is 0. The molecule has 1 N–H and O–H groups in total. The van der Waals surface area contributed by atoms with Crippen LogP contribution in [0.4, 0.5) is 5.69 Å². The van der Waals surface area contributed by atoms with E-state index in [1.54, 1.807) is 11.8 Å². The van der Waals surface area contributed by atoms with E-state index in [9.17, 15) is 4.79 Å². The molecule has 0 unspecified atom stereocenters. The van der Waals surface area contributed by atoms with Crippen molar-refractivity contribution in [1.82, 2.24) is 0 Å². The van der Waals surface area contributed by atoms with Crippen molar-refractivity contribution >= 4 is 39.3 Å². The first-order chi connectivity index (χ1) is 6.71. The summed E-state index contributed by atoms with van der Waals surface area (Å²) in [4.78, 5) is 12.9. The van der Waals surface area contributed by atoms with E-state index < -0.39 is 0 Å². The minimum atomic E-state index is -0.131. The molecule has 1 spiro atoms.